The number of nitrogens with zero attached hydrogens (tertiary/aromatic N) is 2. The van der Waals surface area contributed by atoms with Gasteiger partial charge in [0.25, 0.3) is 0 Å². The summed E-state index contributed by atoms with van der Waals surface area (Å²) < 4.78 is 4.58. The third-order valence-electron chi connectivity index (χ3n) is 3.16. The monoisotopic (exact) mass is 252 g/mol. The van der Waals surface area contributed by atoms with E-state index in [0.717, 1.165) is 12.8 Å². The lowest BCUT2D eigenvalue weighted by atomic mass is 9.93. The number of esters is 1. The standard InChI is InChI=1S/C12H20N4O2/c1-4-12(5-2,8-13)16-9-6-7-14-10(15-9)11(17)18-3/h6-7H,4-5,8,13H2,1-3H3,(H,14,15,16). The second kappa shape index (κ2) is 6.30. The Hall–Kier alpha value is -1.69. The SMILES string of the molecule is CCC(CC)(CN)Nc1ccnc(C(=O)OC)n1. The van der Waals surface area contributed by atoms with Crippen molar-refractivity contribution < 1.29 is 9.53 Å². The minimum absolute atomic E-state index is 0.0422. The van der Waals surface area contributed by atoms with E-state index >= 15 is 0 Å². The molecular formula is C12H20N4O2. The molecule has 3 N–H and O–H groups in total. The van der Waals surface area contributed by atoms with Crippen LogP contribution in [0.25, 0.3) is 0 Å². The Kier molecular flexibility index (Phi) is 5.03. The molecule has 0 aliphatic heterocycles. The van der Waals surface area contributed by atoms with Gasteiger partial charge in [-0.15, -0.1) is 0 Å². The van der Waals surface area contributed by atoms with Crippen molar-refractivity contribution in [2.45, 2.75) is 32.2 Å². The third kappa shape index (κ3) is 3.16. The van der Waals surface area contributed by atoms with Crippen LogP contribution in [0.4, 0.5) is 5.82 Å². The summed E-state index contributed by atoms with van der Waals surface area (Å²) >= 11 is 0. The first-order chi connectivity index (χ1) is 8.60. The number of ether oxygens (including phenoxy) is 1. The van der Waals surface area contributed by atoms with Crippen LogP contribution in [0.3, 0.4) is 0 Å². The maximum atomic E-state index is 11.3. The zero-order valence-corrected chi connectivity index (χ0v) is 11.1. The van der Waals surface area contributed by atoms with Crippen LogP contribution < -0.4 is 11.1 Å². The molecule has 0 bridgehead atoms. The van der Waals surface area contributed by atoms with Gasteiger partial charge in [0.05, 0.1) is 12.6 Å². The topological polar surface area (TPSA) is 90.1 Å². The Morgan fingerprint density at radius 3 is 2.67 bits per heavy atom. The van der Waals surface area contributed by atoms with E-state index in [2.05, 4.69) is 33.9 Å². The quantitative estimate of drug-likeness (QED) is 0.739. The normalized spacial score (nSPS) is 11.1. The second-order valence-corrected chi connectivity index (χ2v) is 4.07. The third-order valence-corrected chi connectivity index (χ3v) is 3.16. The highest BCUT2D eigenvalue weighted by Gasteiger charge is 2.24. The molecular weight excluding hydrogens is 232 g/mol. The lowest BCUT2D eigenvalue weighted by molar-refractivity contribution is 0.0587. The van der Waals surface area contributed by atoms with Crippen molar-refractivity contribution in [2.24, 2.45) is 5.73 Å². The molecule has 0 spiro atoms. The first-order valence-corrected chi connectivity index (χ1v) is 6.00. The van der Waals surface area contributed by atoms with Gasteiger partial charge in [0, 0.05) is 12.7 Å². The maximum Gasteiger partial charge on any atom is 0.376 e. The predicted molar refractivity (Wildman–Crippen MR) is 69.4 cm³/mol. The molecule has 1 aromatic rings. The molecule has 0 saturated heterocycles. The van der Waals surface area contributed by atoms with Crippen LogP contribution >= 0.6 is 0 Å². The van der Waals surface area contributed by atoms with E-state index in [-0.39, 0.29) is 11.4 Å². The van der Waals surface area contributed by atoms with Gasteiger partial charge in [0.1, 0.15) is 5.82 Å². The molecule has 6 nitrogen and oxygen atoms in total. The Labute approximate surface area is 107 Å². The average molecular weight is 252 g/mol. The lowest BCUT2D eigenvalue weighted by Gasteiger charge is -2.32. The molecule has 0 atom stereocenters. The van der Waals surface area contributed by atoms with Crippen molar-refractivity contribution in [1.29, 1.82) is 0 Å². The molecule has 6 heteroatoms. The fourth-order valence-electron chi connectivity index (χ4n) is 1.66. The van der Waals surface area contributed by atoms with Gasteiger partial charge in [-0.3, -0.25) is 0 Å². The lowest BCUT2D eigenvalue weighted by Crippen LogP contribution is -2.44. The fraction of sp³-hybridized carbons (Fsp3) is 0.583. The molecule has 0 saturated carbocycles. The molecule has 0 fully saturated rings. The first-order valence-electron chi connectivity index (χ1n) is 6.00. The van der Waals surface area contributed by atoms with Crippen LogP contribution in [0.15, 0.2) is 12.3 Å². The Morgan fingerprint density at radius 2 is 2.17 bits per heavy atom. The van der Waals surface area contributed by atoms with Crippen molar-refractivity contribution in [3.8, 4) is 0 Å². The van der Waals surface area contributed by atoms with Gasteiger partial charge in [-0.25, -0.2) is 14.8 Å². The van der Waals surface area contributed by atoms with Crippen LogP contribution in [0.5, 0.6) is 0 Å². The Morgan fingerprint density at radius 1 is 1.50 bits per heavy atom. The minimum Gasteiger partial charge on any atom is -0.463 e. The van der Waals surface area contributed by atoms with E-state index in [1.165, 1.54) is 13.3 Å². The van der Waals surface area contributed by atoms with Crippen molar-refractivity contribution in [3.05, 3.63) is 18.1 Å². The van der Waals surface area contributed by atoms with Crippen molar-refractivity contribution >= 4 is 11.8 Å². The number of anilines is 1. The number of carbonyl (C=O) groups excluding carboxylic acids is 1. The van der Waals surface area contributed by atoms with E-state index in [9.17, 15) is 4.79 Å². The number of hydrogen-bond donors (Lipinski definition) is 2. The first kappa shape index (κ1) is 14.4. The van der Waals surface area contributed by atoms with E-state index in [0.29, 0.717) is 12.4 Å². The van der Waals surface area contributed by atoms with Crippen molar-refractivity contribution in [1.82, 2.24) is 9.97 Å². The summed E-state index contributed by atoms with van der Waals surface area (Å²) in [6.07, 6.45) is 3.27. The summed E-state index contributed by atoms with van der Waals surface area (Å²) in [6.45, 7) is 4.62. The zero-order chi connectivity index (χ0) is 13.6. The highest BCUT2D eigenvalue weighted by molar-refractivity contribution is 5.85. The molecule has 1 rings (SSSR count). The number of rotatable bonds is 6. The van der Waals surface area contributed by atoms with Gasteiger partial charge in [-0.1, -0.05) is 13.8 Å². The molecule has 100 valence electrons. The molecule has 1 aromatic heterocycles. The number of hydrogen-bond acceptors (Lipinski definition) is 6. The summed E-state index contributed by atoms with van der Waals surface area (Å²) in [4.78, 5) is 19.3. The smallest absolute Gasteiger partial charge is 0.376 e. The van der Waals surface area contributed by atoms with Crippen LogP contribution in [0, 0.1) is 0 Å². The highest BCUT2D eigenvalue weighted by Crippen LogP contribution is 2.19. The van der Waals surface area contributed by atoms with Crippen LogP contribution in [-0.4, -0.2) is 35.1 Å². The summed E-state index contributed by atoms with van der Waals surface area (Å²) in [5, 5.41) is 3.28. The number of aromatic nitrogens is 2. The molecule has 18 heavy (non-hydrogen) atoms. The number of methoxy groups -OCH3 is 1. The summed E-state index contributed by atoms with van der Waals surface area (Å²) in [6, 6.07) is 1.71. The van der Waals surface area contributed by atoms with Crippen LogP contribution in [0.1, 0.15) is 37.3 Å². The van der Waals surface area contributed by atoms with Gasteiger partial charge in [0.15, 0.2) is 0 Å². The molecule has 0 aromatic carbocycles. The van der Waals surface area contributed by atoms with E-state index in [1.54, 1.807) is 6.07 Å². The van der Waals surface area contributed by atoms with Gasteiger partial charge in [0.2, 0.25) is 5.82 Å². The van der Waals surface area contributed by atoms with Gasteiger partial charge in [-0.05, 0) is 18.9 Å². The predicted octanol–water partition coefficient (Wildman–Crippen LogP) is 1.19. The van der Waals surface area contributed by atoms with Gasteiger partial charge >= 0.3 is 5.97 Å². The average Bonchev–Trinajstić information content (AvgIpc) is 2.44. The van der Waals surface area contributed by atoms with Crippen molar-refractivity contribution in [2.75, 3.05) is 19.0 Å². The molecule has 0 radical (unpaired) electrons. The number of nitrogens with one attached hydrogen (secondary N) is 1. The second-order valence-electron chi connectivity index (χ2n) is 4.07. The Bertz CT molecular complexity index is 397. The van der Waals surface area contributed by atoms with Gasteiger partial charge < -0.3 is 15.8 Å². The molecule has 0 amide bonds. The van der Waals surface area contributed by atoms with Gasteiger partial charge in [-0.2, -0.15) is 0 Å². The highest BCUT2D eigenvalue weighted by atomic mass is 16.5. The molecule has 0 unspecified atom stereocenters. The van der Waals surface area contributed by atoms with E-state index in [1.807, 2.05) is 0 Å². The number of nitrogens with two attached hydrogens (primary N) is 1. The largest absolute Gasteiger partial charge is 0.463 e. The molecule has 1 heterocycles. The number of carbonyl (C=O) groups is 1. The summed E-state index contributed by atoms with van der Waals surface area (Å²) in [5.41, 5.74) is 5.60. The maximum absolute atomic E-state index is 11.3. The molecule has 0 aliphatic carbocycles. The molecule has 0 aliphatic rings. The van der Waals surface area contributed by atoms with Crippen LogP contribution in [0.2, 0.25) is 0 Å². The minimum atomic E-state index is -0.551. The van der Waals surface area contributed by atoms with E-state index in [4.69, 9.17) is 5.73 Å². The van der Waals surface area contributed by atoms with Crippen molar-refractivity contribution in [3.63, 3.8) is 0 Å². The zero-order valence-electron chi connectivity index (χ0n) is 11.1. The van der Waals surface area contributed by atoms with E-state index < -0.39 is 5.97 Å². The Balaban J connectivity index is 2.93. The van der Waals surface area contributed by atoms with Crippen LogP contribution in [-0.2, 0) is 4.74 Å². The summed E-state index contributed by atoms with van der Waals surface area (Å²) in [7, 11) is 1.30. The summed E-state index contributed by atoms with van der Waals surface area (Å²) in [5.74, 6) is 0.0742. The fourth-order valence-corrected chi connectivity index (χ4v) is 1.66.